The summed E-state index contributed by atoms with van der Waals surface area (Å²) in [5, 5.41) is 7.52. The standard InChI is InChI=1S/C19H22N4O/c1-13-8-19(20)22-14(2)18(13)12-21-11-17-10-16(23-24-17)9-15-6-4-3-5-7-15/h3-8,10,21H,9,11-12H2,1-2H3,(H2,20,22). The van der Waals surface area contributed by atoms with Crippen molar-refractivity contribution in [1.82, 2.24) is 15.5 Å². The molecule has 3 N–H and O–H groups in total. The Kier molecular flexibility index (Phi) is 4.91. The summed E-state index contributed by atoms with van der Waals surface area (Å²) < 4.78 is 5.41. The third-order valence-electron chi connectivity index (χ3n) is 4.01. The fourth-order valence-corrected chi connectivity index (χ4v) is 2.79. The number of aryl methyl sites for hydroxylation is 2. The number of anilines is 1. The average Bonchev–Trinajstić information content (AvgIpc) is 2.98. The van der Waals surface area contributed by atoms with Gasteiger partial charge in [-0.15, -0.1) is 0 Å². The second-order valence-electron chi connectivity index (χ2n) is 5.98. The van der Waals surface area contributed by atoms with Crippen molar-refractivity contribution in [3.05, 3.63) is 76.3 Å². The van der Waals surface area contributed by atoms with Gasteiger partial charge in [0.15, 0.2) is 5.76 Å². The minimum absolute atomic E-state index is 0.564. The lowest BCUT2D eigenvalue weighted by Gasteiger charge is -2.10. The lowest BCUT2D eigenvalue weighted by atomic mass is 10.1. The first-order valence-electron chi connectivity index (χ1n) is 8.03. The first kappa shape index (κ1) is 16.2. The van der Waals surface area contributed by atoms with E-state index in [0.29, 0.717) is 12.4 Å². The number of nitrogens with two attached hydrogens (primary N) is 1. The van der Waals surface area contributed by atoms with Crippen LogP contribution in [0.15, 0.2) is 47.0 Å². The Morgan fingerprint density at radius 3 is 2.62 bits per heavy atom. The summed E-state index contributed by atoms with van der Waals surface area (Å²) in [7, 11) is 0. The van der Waals surface area contributed by atoms with Crippen molar-refractivity contribution in [2.24, 2.45) is 0 Å². The molecule has 1 aromatic carbocycles. The van der Waals surface area contributed by atoms with Crippen molar-refractivity contribution in [1.29, 1.82) is 0 Å². The van der Waals surface area contributed by atoms with Crippen LogP contribution in [0, 0.1) is 13.8 Å². The van der Waals surface area contributed by atoms with Gasteiger partial charge in [0, 0.05) is 24.7 Å². The number of nitrogen functional groups attached to an aromatic ring is 1. The van der Waals surface area contributed by atoms with Crippen LogP contribution in [0.1, 0.15) is 33.8 Å². The second kappa shape index (κ2) is 7.27. The van der Waals surface area contributed by atoms with Gasteiger partial charge in [-0.05, 0) is 36.6 Å². The van der Waals surface area contributed by atoms with E-state index in [9.17, 15) is 0 Å². The number of hydrogen-bond donors (Lipinski definition) is 2. The van der Waals surface area contributed by atoms with E-state index in [2.05, 4.69) is 34.5 Å². The van der Waals surface area contributed by atoms with Gasteiger partial charge in [0.25, 0.3) is 0 Å². The van der Waals surface area contributed by atoms with Gasteiger partial charge in [0.1, 0.15) is 5.82 Å². The summed E-state index contributed by atoms with van der Waals surface area (Å²) in [4.78, 5) is 4.31. The van der Waals surface area contributed by atoms with Crippen molar-refractivity contribution < 1.29 is 4.52 Å². The van der Waals surface area contributed by atoms with E-state index >= 15 is 0 Å². The fourth-order valence-electron chi connectivity index (χ4n) is 2.79. The highest BCUT2D eigenvalue weighted by Crippen LogP contribution is 2.15. The van der Waals surface area contributed by atoms with E-state index in [1.807, 2.05) is 37.3 Å². The SMILES string of the molecule is Cc1cc(N)nc(C)c1CNCc1cc(Cc2ccccc2)no1. The van der Waals surface area contributed by atoms with Crippen LogP contribution in [0.5, 0.6) is 0 Å². The van der Waals surface area contributed by atoms with Gasteiger partial charge in [-0.3, -0.25) is 0 Å². The number of hydrogen-bond acceptors (Lipinski definition) is 5. The summed E-state index contributed by atoms with van der Waals surface area (Å²) >= 11 is 0. The molecule has 0 bridgehead atoms. The molecule has 0 aliphatic carbocycles. The van der Waals surface area contributed by atoms with Crippen molar-refractivity contribution in [3.8, 4) is 0 Å². The average molecular weight is 322 g/mol. The van der Waals surface area contributed by atoms with Crippen molar-refractivity contribution >= 4 is 5.82 Å². The Morgan fingerprint density at radius 2 is 1.88 bits per heavy atom. The lowest BCUT2D eigenvalue weighted by Crippen LogP contribution is -2.15. The smallest absolute Gasteiger partial charge is 0.150 e. The molecule has 5 nitrogen and oxygen atoms in total. The van der Waals surface area contributed by atoms with Crippen LogP contribution in [-0.2, 0) is 19.5 Å². The Labute approximate surface area is 141 Å². The number of nitrogens with one attached hydrogen (secondary N) is 1. The molecule has 24 heavy (non-hydrogen) atoms. The zero-order chi connectivity index (χ0) is 16.9. The molecule has 0 unspecified atom stereocenters. The predicted octanol–water partition coefficient (Wildman–Crippen LogP) is 3.15. The third kappa shape index (κ3) is 4.00. The molecule has 2 aromatic heterocycles. The molecule has 0 fully saturated rings. The summed E-state index contributed by atoms with van der Waals surface area (Å²) in [6.45, 7) is 5.38. The van der Waals surface area contributed by atoms with Gasteiger partial charge in [0.2, 0.25) is 0 Å². The molecule has 0 saturated heterocycles. The van der Waals surface area contributed by atoms with Gasteiger partial charge < -0.3 is 15.6 Å². The predicted molar refractivity (Wildman–Crippen MR) is 94.4 cm³/mol. The van der Waals surface area contributed by atoms with E-state index in [-0.39, 0.29) is 0 Å². The van der Waals surface area contributed by atoms with Gasteiger partial charge in [0.05, 0.1) is 12.2 Å². The Balaban J connectivity index is 1.56. The number of benzene rings is 1. The van der Waals surface area contributed by atoms with Gasteiger partial charge >= 0.3 is 0 Å². The van der Waals surface area contributed by atoms with E-state index in [1.165, 1.54) is 11.1 Å². The zero-order valence-electron chi connectivity index (χ0n) is 14.0. The molecule has 124 valence electrons. The monoisotopic (exact) mass is 322 g/mol. The Morgan fingerprint density at radius 1 is 1.08 bits per heavy atom. The number of nitrogens with zero attached hydrogens (tertiary/aromatic N) is 2. The maximum atomic E-state index is 5.76. The van der Waals surface area contributed by atoms with Gasteiger partial charge in [-0.2, -0.15) is 0 Å². The lowest BCUT2D eigenvalue weighted by molar-refractivity contribution is 0.368. The molecule has 0 atom stereocenters. The maximum Gasteiger partial charge on any atom is 0.150 e. The third-order valence-corrected chi connectivity index (χ3v) is 4.01. The first-order chi connectivity index (χ1) is 11.6. The molecule has 3 aromatic rings. The topological polar surface area (TPSA) is 77.0 Å². The first-order valence-corrected chi connectivity index (χ1v) is 8.03. The highest BCUT2D eigenvalue weighted by Gasteiger charge is 2.08. The molecular weight excluding hydrogens is 300 g/mol. The zero-order valence-corrected chi connectivity index (χ0v) is 14.0. The molecule has 2 heterocycles. The van der Waals surface area contributed by atoms with Crippen LogP contribution < -0.4 is 11.1 Å². The normalized spacial score (nSPS) is 10.9. The summed E-state index contributed by atoms with van der Waals surface area (Å²) in [6, 6.07) is 14.2. The van der Waals surface area contributed by atoms with Gasteiger partial charge in [-0.1, -0.05) is 35.5 Å². The van der Waals surface area contributed by atoms with Crippen LogP contribution in [0.25, 0.3) is 0 Å². The fraction of sp³-hybridized carbons (Fsp3) is 0.263. The Bertz CT molecular complexity index is 788. The molecule has 0 aliphatic rings. The quantitative estimate of drug-likeness (QED) is 0.729. The van der Waals surface area contributed by atoms with Crippen molar-refractivity contribution in [2.45, 2.75) is 33.4 Å². The van der Waals surface area contributed by atoms with Crippen LogP contribution in [-0.4, -0.2) is 10.1 Å². The van der Waals surface area contributed by atoms with Crippen LogP contribution in [0.3, 0.4) is 0 Å². The molecule has 5 heteroatoms. The van der Waals surface area contributed by atoms with Crippen LogP contribution >= 0.6 is 0 Å². The summed E-state index contributed by atoms with van der Waals surface area (Å²) in [5.74, 6) is 1.40. The molecule has 0 amide bonds. The number of aromatic nitrogens is 2. The van der Waals surface area contributed by atoms with Crippen LogP contribution in [0.4, 0.5) is 5.82 Å². The van der Waals surface area contributed by atoms with Gasteiger partial charge in [-0.25, -0.2) is 4.98 Å². The largest absolute Gasteiger partial charge is 0.384 e. The van der Waals surface area contributed by atoms with E-state index < -0.39 is 0 Å². The van der Waals surface area contributed by atoms with Crippen molar-refractivity contribution in [3.63, 3.8) is 0 Å². The maximum absolute atomic E-state index is 5.76. The molecule has 0 spiro atoms. The minimum atomic E-state index is 0.564. The number of pyridine rings is 1. The summed E-state index contributed by atoms with van der Waals surface area (Å²) in [6.07, 6.45) is 0.782. The molecule has 0 aliphatic heterocycles. The molecule has 0 saturated carbocycles. The van der Waals surface area contributed by atoms with E-state index in [0.717, 1.165) is 35.7 Å². The van der Waals surface area contributed by atoms with E-state index in [1.54, 1.807) is 0 Å². The number of rotatable bonds is 6. The summed E-state index contributed by atoms with van der Waals surface area (Å²) in [5.41, 5.74) is 11.2. The minimum Gasteiger partial charge on any atom is -0.384 e. The highest BCUT2D eigenvalue weighted by molar-refractivity contribution is 5.40. The molecular formula is C19H22N4O. The van der Waals surface area contributed by atoms with Crippen LogP contribution in [0.2, 0.25) is 0 Å². The Hall–Kier alpha value is -2.66. The van der Waals surface area contributed by atoms with Crippen molar-refractivity contribution in [2.75, 3.05) is 5.73 Å². The molecule has 0 radical (unpaired) electrons. The van der Waals surface area contributed by atoms with E-state index in [4.69, 9.17) is 10.3 Å². The molecule has 3 rings (SSSR count). The second-order valence-corrected chi connectivity index (χ2v) is 5.98. The highest BCUT2D eigenvalue weighted by atomic mass is 16.5.